The van der Waals surface area contributed by atoms with Crippen LogP contribution >= 0.6 is 0 Å². The number of rotatable bonds is 0. The summed E-state index contributed by atoms with van der Waals surface area (Å²) >= 11 is 0. The number of hydrogen-bond donors (Lipinski definition) is 0. The molecule has 6 aromatic rings. The predicted molar refractivity (Wildman–Crippen MR) is 102 cm³/mol. The van der Waals surface area contributed by atoms with Gasteiger partial charge in [0, 0.05) is 14.1 Å². The average Bonchev–Trinajstić information content (AvgIpc) is 3.28. The molecule has 0 radical (unpaired) electrons. The Balaban J connectivity index is 2.10. The van der Waals surface area contributed by atoms with Gasteiger partial charge in [0.1, 0.15) is 0 Å². The van der Waals surface area contributed by atoms with Gasteiger partial charge in [0.25, 0.3) is 22.2 Å². The summed E-state index contributed by atoms with van der Waals surface area (Å²) in [6.07, 6.45) is 0. The average molecular weight is 342 g/mol. The van der Waals surface area contributed by atoms with Crippen molar-refractivity contribution in [3.63, 3.8) is 0 Å². The maximum Gasteiger partial charge on any atom is 0.261 e. The number of fused-ring (bicyclic) bond motifs is 6. The summed E-state index contributed by atoms with van der Waals surface area (Å²) < 4.78 is 2.25. The maximum absolute atomic E-state index is 12.6. The van der Waals surface area contributed by atoms with Crippen LogP contribution in [0.3, 0.4) is 0 Å². The van der Waals surface area contributed by atoms with Gasteiger partial charge in [0.2, 0.25) is 0 Å². The summed E-state index contributed by atoms with van der Waals surface area (Å²) in [5, 5.41) is 6.04. The van der Waals surface area contributed by atoms with Crippen molar-refractivity contribution in [1.29, 1.82) is 0 Å². The molecule has 124 valence electrons. The van der Waals surface area contributed by atoms with Gasteiger partial charge in [-0.25, -0.2) is 0 Å². The quantitative estimate of drug-likeness (QED) is 0.417. The summed E-state index contributed by atoms with van der Waals surface area (Å²) in [7, 11) is 2.95. The molecule has 2 heterocycles. The molecule has 6 nitrogen and oxygen atoms in total. The van der Waals surface area contributed by atoms with Crippen LogP contribution in [0.5, 0.6) is 0 Å². The zero-order valence-electron chi connectivity index (χ0n) is 13.8. The Labute approximate surface area is 143 Å². The monoisotopic (exact) mass is 342 g/mol. The van der Waals surface area contributed by atoms with Crippen molar-refractivity contribution in [2.75, 3.05) is 0 Å². The molecule has 0 bridgehead atoms. The van der Waals surface area contributed by atoms with Crippen LogP contribution in [-0.2, 0) is 14.1 Å². The van der Waals surface area contributed by atoms with Crippen LogP contribution < -0.4 is 22.2 Å². The molecular weight excluding hydrogens is 332 g/mol. The highest BCUT2D eigenvalue weighted by atomic mass is 16.2. The molecule has 0 aliphatic heterocycles. The fourth-order valence-electron chi connectivity index (χ4n) is 4.61. The minimum absolute atomic E-state index is 0.316. The van der Waals surface area contributed by atoms with Gasteiger partial charge in [-0.1, -0.05) is 24.3 Å². The van der Waals surface area contributed by atoms with Crippen LogP contribution in [-0.4, -0.2) is 9.13 Å². The normalized spacial score (nSPS) is 12.8. The van der Waals surface area contributed by atoms with Crippen molar-refractivity contribution in [2.24, 2.45) is 14.1 Å². The van der Waals surface area contributed by atoms with E-state index >= 15 is 0 Å². The van der Waals surface area contributed by atoms with Crippen molar-refractivity contribution in [1.82, 2.24) is 9.13 Å². The SMILES string of the molecule is Cn1c(=O)c2c3ccc4c5c(=O)n(C)c(=O)c5c5ccc(c2c1=O)c3c45. The Hall–Kier alpha value is -3.54. The second-order valence-electron chi connectivity index (χ2n) is 6.91. The van der Waals surface area contributed by atoms with E-state index in [1.807, 2.05) is 0 Å². The van der Waals surface area contributed by atoms with Gasteiger partial charge in [-0.15, -0.1) is 0 Å². The van der Waals surface area contributed by atoms with Gasteiger partial charge in [0.15, 0.2) is 0 Å². The van der Waals surface area contributed by atoms with Gasteiger partial charge in [-0.2, -0.15) is 0 Å². The highest BCUT2D eigenvalue weighted by Crippen LogP contribution is 2.43. The third kappa shape index (κ3) is 1.14. The number of aromatic nitrogens is 2. The van der Waals surface area contributed by atoms with E-state index in [0.29, 0.717) is 43.1 Å². The first-order chi connectivity index (χ1) is 12.4. The first-order valence-corrected chi connectivity index (χ1v) is 8.18. The van der Waals surface area contributed by atoms with E-state index in [4.69, 9.17) is 0 Å². The second-order valence-corrected chi connectivity index (χ2v) is 6.91. The molecule has 0 saturated carbocycles. The lowest BCUT2D eigenvalue weighted by atomic mass is 10.0. The van der Waals surface area contributed by atoms with E-state index in [1.54, 1.807) is 24.3 Å². The summed E-state index contributed by atoms with van der Waals surface area (Å²) in [6, 6.07) is 7.13. The van der Waals surface area contributed by atoms with Gasteiger partial charge < -0.3 is 0 Å². The smallest absolute Gasteiger partial charge is 0.261 e. The molecular formula is C20H10N2O4. The molecule has 0 spiro atoms. The topological polar surface area (TPSA) is 78.1 Å². The summed E-state index contributed by atoms with van der Waals surface area (Å²) in [4.78, 5) is 50.2. The van der Waals surface area contributed by atoms with E-state index in [2.05, 4.69) is 0 Å². The van der Waals surface area contributed by atoms with Crippen molar-refractivity contribution in [3.8, 4) is 0 Å². The van der Waals surface area contributed by atoms with Crippen LogP contribution in [0.15, 0.2) is 43.4 Å². The Morgan fingerprint density at radius 1 is 0.462 bits per heavy atom. The fraction of sp³-hybridized carbons (Fsp3) is 0.100. The molecule has 0 saturated heterocycles. The first-order valence-electron chi connectivity index (χ1n) is 8.18. The summed E-state index contributed by atoms with van der Waals surface area (Å²) in [5.74, 6) is 0. The lowest BCUT2D eigenvalue weighted by Crippen LogP contribution is -2.21. The fourth-order valence-corrected chi connectivity index (χ4v) is 4.61. The molecule has 0 atom stereocenters. The van der Waals surface area contributed by atoms with Gasteiger partial charge >= 0.3 is 0 Å². The molecule has 0 aliphatic rings. The van der Waals surface area contributed by atoms with Crippen LogP contribution in [0.4, 0.5) is 0 Å². The predicted octanol–water partition coefficient (Wildman–Crippen LogP) is 1.32. The number of benzene rings is 2. The Morgan fingerprint density at radius 3 is 0.923 bits per heavy atom. The second kappa shape index (κ2) is 3.83. The minimum Gasteiger partial charge on any atom is -0.277 e. The van der Waals surface area contributed by atoms with Crippen LogP contribution in [0.1, 0.15) is 0 Å². The molecule has 2 aromatic heterocycles. The van der Waals surface area contributed by atoms with Crippen molar-refractivity contribution >= 4 is 53.9 Å². The third-order valence-corrected chi connectivity index (χ3v) is 5.81. The molecule has 0 amide bonds. The minimum atomic E-state index is -0.316. The van der Waals surface area contributed by atoms with Crippen LogP contribution in [0.2, 0.25) is 0 Å². The Kier molecular flexibility index (Phi) is 2.02. The molecule has 6 rings (SSSR count). The molecule has 4 aromatic carbocycles. The third-order valence-electron chi connectivity index (χ3n) is 5.81. The lowest BCUT2D eigenvalue weighted by molar-refractivity contribution is 0.857. The molecule has 0 N–H and O–H groups in total. The standard InChI is InChI=1S/C20H10N2O4/c1-21-17(23)13-7-3-5-9-12-10(16-15(9)19(25)22(2)20(16)26)6-4-8(11(7)12)14(13)18(21)24/h3-6H,1-2H3. The van der Waals surface area contributed by atoms with Crippen LogP contribution in [0, 0.1) is 0 Å². The van der Waals surface area contributed by atoms with Gasteiger partial charge in [-0.05, 0) is 32.3 Å². The van der Waals surface area contributed by atoms with Crippen LogP contribution in [0.25, 0.3) is 53.9 Å². The van der Waals surface area contributed by atoms with Crippen molar-refractivity contribution < 1.29 is 0 Å². The summed E-state index contributed by atoms with van der Waals surface area (Å²) in [6.45, 7) is 0. The highest BCUT2D eigenvalue weighted by molar-refractivity contribution is 6.41. The van der Waals surface area contributed by atoms with E-state index < -0.39 is 0 Å². The summed E-state index contributed by atoms with van der Waals surface area (Å²) in [5.41, 5.74) is -1.27. The van der Waals surface area contributed by atoms with E-state index in [9.17, 15) is 19.2 Å². The zero-order chi connectivity index (χ0) is 18.1. The zero-order valence-corrected chi connectivity index (χ0v) is 13.8. The van der Waals surface area contributed by atoms with Gasteiger partial charge in [0.05, 0.1) is 21.5 Å². The lowest BCUT2D eigenvalue weighted by Gasteiger charge is -2.01. The number of hydrogen-bond acceptors (Lipinski definition) is 4. The Morgan fingerprint density at radius 2 is 0.692 bits per heavy atom. The van der Waals surface area contributed by atoms with Gasteiger partial charge in [-0.3, -0.25) is 28.3 Å². The molecule has 6 heteroatoms. The van der Waals surface area contributed by atoms with E-state index in [1.165, 1.54) is 14.1 Å². The molecule has 0 aliphatic carbocycles. The highest BCUT2D eigenvalue weighted by Gasteiger charge is 2.26. The molecule has 0 unspecified atom stereocenters. The van der Waals surface area contributed by atoms with Crippen molar-refractivity contribution in [2.45, 2.75) is 0 Å². The van der Waals surface area contributed by atoms with E-state index in [0.717, 1.165) is 19.9 Å². The molecule has 26 heavy (non-hydrogen) atoms. The van der Waals surface area contributed by atoms with Crippen molar-refractivity contribution in [3.05, 3.63) is 65.7 Å². The largest absolute Gasteiger partial charge is 0.277 e. The Bertz CT molecular complexity index is 1520. The maximum atomic E-state index is 12.6. The molecule has 0 fully saturated rings. The van der Waals surface area contributed by atoms with E-state index in [-0.39, 0.29) is 22.2 Å². The number of nitrogens with zero attached hydrogens (tertiary/aromatic N) is 2. The first kappa shape index (κ1) is 13.7.